The van der Waals surface area contributed by atoms with Crippen LogP contribution in [0.2, 0.25) is 0 Å². The Morgan fingerprint density at radius 2 is 1.00 bits per heavy atom. The zero-order valence-electron chi connectivity index (χ0n) is 29.4. The molecular weight excluding hydrogens is 624 g/mol. The number of nitrogens with zero attached hydrogens (tertiary/aromatic N) is 1. The summed E-state index contributed by atoms with van der Waals surface area (Å²) < 4.78 is 2.27. The van der Waals surface area contributed by atoms with Crippen LogP contribution >= 0.6 is 0 Å². The minimum absolute atomic E-state index is 0. The zero-order valence-corrected chi connectivity index (χ0v) is 31.0. The normalized spacial score (nSPS) is 12.5. The number of unbranched alkanes of at least 4 members (excludes halogenated alkanes) is 24. The van der Waals surface area contributed by atoms with E-state index in [-0.39, 0.29) is 29.5 Å². The molecule has 0 fully saturated rings. The molecule has 0 aromatic carbocycles. The molecule has 0 spiro atoms. The van der Waals surface area contributed by atoms with E-state index in [0.29, 0.717) is 12.8 Å². The van der Waals surface area contributed by atoms with Crippen molar-refractivity contribution < 1.29 is 36.6 Å². The fourth-order valence-corrected chi connectivity index (χ4v) is 6.22. The number of aliphatic hydroxyl groups is 2. The first kappa shape index (κ1) is 44.0. The third-order valence-corrected chi connectivity index (χ3v) is 9.21. The SMILES string of the molecule is CCCCCCCCCCCCCCC[C@H](O)[C@H](CO)NC(=O)CCCCCCCCCCCCCCC[n+]1ccccc1.[Br-]. The summed E-state index contributed by atoms with van der Waals surface area (Å²) in [6.45, 7) is 3.21. The van der Waals surface area contributed by atoms with Crippen LogP contribution < -0.4 is 26.9 Å². The van der Waals surface area contributed by atoms with Crippen LogP contribution in [0.1, 0.15) is 187 Å². The van der Waals surface area contributed by atoms with Crippen molar-refractivity contribution in [3.63, 3.8) is 0 Å². The molecular formula is C39H73BrN2O3. The number of aliphatic hydroxyl groups excluding tert-OH is 2. The van der Waals surface area contributed by atoms with Crippen molar-refractivity contribution in [1.82, 2.24) is 5.32 Å². The first-order valence-corrected chi connectivity index (χ1v) is 19.2. The lowest BCUT2D eigenvalue weighted by atomic mass is 10.0. The Hall–Kier alpha value is -0.980. The van der Waals surface area contributed by atoms with Gasteiger partial charge in [0, 0.05) is 25.0 Å². The fourth-order valence-electron chi connectivity index (χ4n) is 6.22. The van der Waals surface area contributed by atoms with Crippen molar-refractivity contribution in [2.75, 3.05) is 6.61 Å². The summed E-state index contributed by atoms with van der Waals surface area (Å²) >= 11 is 0. The van der Waals surface area contributed by atoms with Crippen LogP contribution in [-0.2, 0) is 11.3 Å². The molecule has 1 rings (SSSR count). The lowest BCUT2D eigenvalue weighted by Crippen LogP contribution is -3.00. The van der Waals surface area contributed by atoms with Crippen LogP contribution in [0.4, 0.5) is 0 Å². The number of aryl methyl sites for hydroxylation is 1. The van der Waals surface area contributed by atoms with E-state index in [2.05, 4.69) is 47.4 Å². The van der Waals surface area contributed by atoms with Crippen molar-refractivity contribution >= 4 is 5.91 Å². The van der Waals surface area contributed by atoms with Gasteiger partial charge >= 0.3 is 0 Å². The van der Waals surface area contributed by atoms with Crippen LogP contribution in [0.3, 0.4) is 0 Å². The summed E-state index contributed by atoms with van der Waals surface area (Å²) in [4.78, 5) is 12.4. The van der Waals surface area contributed by atoms with E-state index in [9.17, 15) is 15.0 Å². The van der Waals surface area contributed by atoms with Crippen molar-refractivity contribution in [3.05, 3.63) is 30.6 Å². The Bertz CT molecular complexity index is 736. The number of amides is 1. The van der Waals surface area contributed by atoms with Gasteiger partial charge in [-0.1, -0.05) is 161 Å². The Kier molecular flexibility index (Phi) is 33.6. The lowest BCUT2D eigenvalue weighted by molar-refractivity contribution is -0.697. The van der Waals surface area contributed by atoms with E-state index in [0.717, 1.165) is 32.2 Å². The molecule has 1 aromatic heterocycles. The summed E-state index contributed by atoms with van der Waals surface area (Å²) in [6, 6.07) is 5.74. The fraction of sp³-hybridized carbons (Fsp3) is 0.846. The number of hydrogen-bond acceptors (Lipinski definition) is 3. The monoisotopic (exact) mass is 696 g/mol. The van der Waals surface area contributed by atoms with Gasteiger partial charge in [-0.2, -0.15) is 0 Å². The van der Waals surface area contributed by atoms with Gasteiger partial charge in [0.1, 0.15) is 6.54 Å². The third kappa shape index (κ3) is 28.9. The molecule has 0 aliphatic carbocycles. The number of carbonyl (C=O) groups excluding carboxylic acids is 1. The number of nitrogens with one attached hydrogen (secondary N) is 1. The topological polar surface area (TPSA) is 73.4 Å². The highest BCUT2D eigenvalue weighted by atomic mass is 79.9. The quantitative estimate of drug-likeness (QED) is 0.0562. The van der Waals surface area contributed by atoms with Gasteiger partial charge in [-0.05, 0) is 19.3 Å². The van der Waals surface area contributed by atoms with Crippen LogP contribution in [0.25, 0.3) is 0 Å². The van der Waals surface area contributed by atoms with E-state index in [1.807, 2.05) is 0 Å². The molecule has 0 aliphatic heterocycles. The van der Waals surface area contributed by atoms with E-state index >= 15 is 0 Å². The molecule has 2 atom stereocenters. The summed E-state index contributed by atoms with van der Waals surface area (Å²) in [7, 11) is 0. The van der Waals surface area contributed by atoms with Gasteiger partial charge < -0.3 is 32.5 Å². The Morgan fingerprint density at radius 1 is 0.600 bits per heavy atom. The first-order valence-electron chi connectivity index (χ1n) is 19.2. The molecule has 1 heterocycles. The van der Waals surface area contributed by atoms with Gasteiger partial charge in [-0.3, -0.25) is 4.79 Å². The number of aromatic nitrogens is 1. The molecule has 0 radical (unpaired) electrons. The molecule has 0 saturated carbocycles. The van der Waals surface area contributed by atoms with Crippen molar-refractivity contribution in [2.45, 2.75) is 205 Å². The van der Waals surface area contributed by atoms with Gasteiger partial charge in [0.25, 0.3) is 0 Å². The van der Waals surface area contributed by atoms with Crippen LogP contribution in [-0.4, -0.2) is 34.9 Å². The Labute approximate surface area is 289 Å². The first-order chi connectivity index (χ1) is 21.7. The maximum absolute atomic E-state index is 12.4. The van der Waals surface area contributed by atoms with Gasteiger partial charge in [-0.15, -0.1) is 0 Å². The largest absolute Gasteiger partial charge is 1.00 e. The molecule has 0 aliphatic rings. The molecule has 264 valence electrons. The summed E-state index contributed by atoms with van der Waals surface area (Å²) in [6.07, 6.45) is 38.2. The highest BCUT2D eigenvalue weighted by molar-refractivity contribution is 5.76. The number of halogens is 1. The average molecular weight is 698 g/mol. The second kappa shape index (κ2) is 34.4. The summed E-state index contributed by atoms with van der Waals surface area (Å²) in [5, 5.41) is 23.1. The predicted molar refractivity (Wildman–Crippen MR) is 187 cm³/mol. The lowest BCUT2D eigenvalue weighted by Gasteiger charge is -2.22. The molecule has 1 aromatic rings. The highest BCUT2D eigenvalue weighted by Gasteiger charge is 2.20. The van der Waals surface area contributed by atoms with Crippen LogP contribution in [0, 0.1) is 0 Å². The van der Waals surface area contributed by atoms with Crippen molar-refractivity contribution in [2.24, 2.45) is 0 Å². The standard InChI is InChI=1S/C39H72N2O3.BrH/c1-2-3-4-5-6-7-8-10-13-16-19-22-26-31-38(43)37(36-42)40-39(44)32-27-23-20-17-14-11-9-12-15-18-21-24-28-33-41-34-29-25-30-35-41;/h25,29-30,34-35,37-38,42-43H,2-24,26-28,31-33,36H2,1H3;1H/t37-,38-;/m0./s1. The second-order valence-corrected chi connectivity index (χ2v) is 13.4. The van der Waals surface area contributed by atoms with E-state index in [1.165, 1.54) is 141 Å². The van der Waals surface area contributed by atoms with Gasteiger partial charge in [0.2, 0.25) is 5.91 Å². The average Bonchev–Trinajstić information content (AvgIpc) is 3.04. The van der Waals surface area contributed by atoms with Crippen molar-refractivity contribution in [3.8, 4) is 0 Å². The van der Waals surface area contributed by atoms with Gasteiger partial charge in [0.15, 0.2) is 12.4 Å². The minimum atomic E-state index is -0.657. The molecule has 0 unspecified atom stereocenters. The highest BCUT2D eigenvalue weighted by Crippen LogP contribution is 2.15. The summed E-state index contributed by atoms with van der Waals surface area (Å²) in [5.74, 6) is -0.0349. The number of pyridine rings is 1. The van der Waals surface area contributed by atoms with Crippen LogP contribution in [0.15, 0.2) is 30.6 Å². The van der Waals surface area contributed by atoms with Crippen molar-refractivity contribution in [1.29, 1.82) is 0 Å². The molecule has 5 nitrogen and oxygen atoms in total. The van der Waals surface area contributed by atoms with E-state index in [1.54, 1.807) is 0 Å². The predicted octanol–water partition coefficient (Wildman–Crippen LogP) is 6.76. The van der Waals surface area contributed by atoms with E-state index in [4.69, 9.17) is 0 Å². The molecule has 6 heteroatoms. The minimum Gasteiger partial charge on any atom is -1.00 e. The van der Waals surface area contributed by atoms with E-state index < -0.39 is 12.1 Å². The second-order valence-electron chi connectivity index (χ2n) is 13.4. The number of carbonyl (C=O) groups is 1. The molecule has 3 N–H and O–H groups in total. The molecule has 45 heavy (non-hydrogen) atoms. The molecule has 0 saturated heterocycles. The number of rotatable bonds is 33. The van der Waals surface area contributed by atoms with Gasteiger partial charge in [-0.25, -0.2) is 4.57 Å². The molecule has 1 amide bonds. The Morgan fingerprint density at radius 3 is 1.44 bits per heavy atom. The third-order valence-electron chi connectivity index (χ3n) is 9.21. The maximum Gasteiger partial charge on any atom is 0.220 e. The maximum atomic E-state index is 12.4. The van der Waals surface area contributed by atoms with Gasteiger partial charge in [0.05, 0.1) is 18.8 Å². The Balaban J connectivity index is 0.0000194. The molecule has 0 bridgehead atoms. The number of hydrogen-bond donors (Lipinski definition) is 3. The smallest absolute Gasteiger partial charge is 0.220 e. The zero-order chi connectivity index (χ0) is 31.8. The van der Waals surface area contributed by atoms with Crippen LogP contribution in [0.5, 0.6) is 0 Å². The summed E-state index contributed by atoms with van der Waals surface area (Å²) in [5.41, 5.74) is 0.